The molecule has 4 nitrogen and oxygen atoms in total. The zero-order valence-corrected chi connectivity index (χ0v) is 11.0. The number of para-hydroxylation sites is 1. The van der Waals surface area contributed by atoms with E-state index >= 15 is 0 Å². The maximum Gasteiger partial charge on any atom is 0.140 e. The Morgan fingerprint density at radius 2 is 2.06 bits per heavy atom. The molecule has 0 spiro atoms. The van der Waals surface area contributed by atoms with Gasteiger partial charge in [-0.3, -0.25) is 0 Å². The lowest BCUT2D eigenvalue weighted by atomic mass is 10.1. The van der Waals surface area contributed by atoms with Crippen molar-refractivity contribution < 1.29 is 9.26 Å². The van der Waals surface area contributed by atoms with Gasteiger partial charge in [-0.05, 0) is 26.3 Å². The fourth-order valence-corrected chi connectivity index (χ4v) is 1.93. The number of nitrogens with two attached hydrogens (primary N) is 1. The van der Waals surface area contributed by atoms with Crippen LogP contribution in [-0.2, 0) is 13.2 Å². The van der Waals surface area contributed by atoms with Gasteiger partial charge in [-0.25, -0.2) is 0 Å². The number of rotatable bonds is 4. The Kier molecular flexibility index (Phi) is 3.67. The number of ether oxygens (including phenoxy) is 1. The third-order valence-electron chi connectivity index (χ3n) is 3.06. The molecule has 0 fully saturated rings. The summed E-state index contributed by atoms with van der Waals surface area (Å²) in [5.41, 5.74) is 9.69. The molecule has 0 aliphatic carbocycles. The van der Waals surface area contributed by atoms with Crippen LogP contribution < -0.4 is 10.5 Å². The lowest BCUT2D eigenvalue weighted by Gasteiger charge is -2.12. The van der Waals surface area contributed by atoms with Crippen molar-refractivity contribution in [2.45, 2.75) is 33.9 Å². The van der Waals surface area contributed by atoms with Crippen LogP contribution in [0, 0.1) is 20.8 Å². The summed E-state index contributed by atoms with van der Waals surface area (Å²) in [5.74, 6) is 1.66. The highest BCUT2D eigenvalue weighted by atomic mass is 16.5. The minimum atomic E-state index is 0.457. The number of benzene rings is 1. The maximum atomic E-state index is 5.88. The number of hydrogen-bond donors (Lipinski definition) is 1. The van der Waals surface area contributed by atoms with Crippen LogP contribution in [0.2, 0.25) is 0 Å². The zero-order valence-electron chi connectivity index (χ0n) is 11.0. The van der Waals surface area contributed by atoms with Gasteiger partial charge in [-0.1, -0.05) is 23.4 Å². The molecular weight excluding hydrogens is 228 g/mol. The van der Waals surface area contributed by atoms with Crippen LogP contribution in [0.3, 0.4) is 0 Å². The second-order valence-corrected chi connectivity index (χ2v) is 4.36. The average molecular weight is 246 g/mol. The van der Waals surface area contributed by atoms with Crippen LogP contribution in [0.5, 0.6) is 5.75 Å². The van der Waals surface area contributed by atoms with E-state index < -0.39 is 0 Å². The van der Waals surface area contributed by atoms with Crippen molar-refractivity contribution in [3.63, 3.8) is 0 Å². The molecule has 0 bridgehead atoms. The molecule has 0 amide bonds. The highest BCUT2D eigenvalue weighted by Crippen LogP contribution is 2.25. The highest BCUT2D eigenvalue weighted by Gasteiger charge is 2.11. The van der Waals surface area contributed by atoms with Gasteiger partial charge >= 0.3 is 0 Å². The quantitative estimate of drug-likeness (QED) is 0.900. The molecule has 0 aliphatic heterocycles. The second kappa shape index (κ2) is 5.23. The molecule has 1 aromatic carbocycles. The Morgan fingerprint density at radius 3 is 2.67 bits per heavy atom. The van der Waals surface area contributed by atoms with Gasteiger partial charge in [0.2, 0.25) is 0 Å². The summed E-state index contributed by atoms with van der Waals surface area (Å²) in [5, 5.41) is 3.91. The summed E-state index contributed by atoms with van der Waals surface area (Å²) in [6.07, 6.45) is 0. The molecule has 4 heteroatoms. The molecule has 0 aliphatic rings. The molecular formula is C14H18N2O2. The first-order valence-corrected chi connectivity index (χ1v) is 5.96. The molecule has 96 valence electrons. The average Bonchev–Trinajstić information content (AvgIpc) is 2.68. The second-order valence-electron chi connectivity index (χ2n) is 4.36. The van der Waals surface area contributed by atoms with Gasteiger partial charge in [0.25, 0.3) is 0 Å². The monoisotopic (exact) mass is 246 g/mol. The van der Waals surface area contributed by atoms with E-state index in [2.05, 4.69) is 5.16 Å². The molecule has 2 N–H and O–H groups in total. The van der Waals surface area contributed by atoms with Gasteiger partial charge < -0.3 is 15.0 Å². The van der Waals surface area contributed by atoms with E-state index in [1.807, 2.05) is 39.0 Å². The van der Waals surface area contributed by atoms with Crippen LogP contribution >= 0.6 is 0 Å². The van der Waals surface area contributed by atoms with E-state index in [1.165, 1.54) is 0 Å². The van der Waals surface area contributed by atoms with E-state index in [9.17, 15) is 0 Å². The molecule has 0 unspecified atom stereocenters. The van der Waals surface area contributed by atoms with E-state index in [-0.39, 0.29) is 0 Å². The van der Waals surface area contributed by atoms with Crippen molar-refractivity contribution in [2.75, 3.05) is 0 Å². The third kappa shape index (κ3) is 2.38. The summed E-state index contributed by atoms with van der Waals surface area (Å²) in [6.45, 7) is 6.75. The smallest absolute Gasteiger partial charge is 0.140 e. The summed E-state index contributed by atoms with van der Waals surface area (Å²) in [6, 6.07) is 5.98. The molecule has 2 aromatic rings. The molecule has 2 rings (SSSR count). The van der Waals surface area contributed by atoms with Crippen LogP contribution in [0.15, 0.2) is 22.7 Å². The zero-order chi connectivity index (χ0) is 13.1. The number of aromatic nitrogens is 1. The fourth-order valence-electron chi connectivity index (χ4n) is 1.93. The number of hydrogen-bond acceptors (Lipinski definition) is 4. The highest BCUT2D eigenvalue weighted by molar-refractivity contribution is 5.40. The first kappa shape index (κ1) is 12.6. The van der Waals surface area contributed by atoms with Gasteiger partial charge in [0.1, 0.15) is 18.1 Å². The molecule has 0 radical (unpaired) electrons. The first-order valence-electron chi connectivity index (χ1n) is 5.96. The van der Waals surface area contributed by atoms with E-state index in [0.29, 0.717) is 13.2 Å². The van der Waals surface area contributed by atoms with Gasteiger partial charge in [0.05, 0.1) is 11.3 Å². The molecule has 0 saturated heterocycles. The van der Waals surface area contributed by atoms with Crippen molar-refractivity contribution in [3.05, 3.63) is 46.3 Å². The summed E-state index contributed by atoms with van der Waals surface area (Å²) in [4.78, 5) is 0. The van der Waals surface area contributed by atoms with Crippen LogP contribution in [0.25, 0.3) is 0 Å². The normalized spacial score (nSPS) is 10.7. The largest absolute Gasteiger partial charge is 0.488 e. The Morgan fingerprint density at radius 1 is 1.28 bits per heavy atom. The number of aryl methyl sites for hydroxylation is 3. The summed E-state index contributed by atoms with van der Waals surface area (Å²) in [7, 11) is 0. The van der Waals surface area contributed by atoms with Crippen molar-refractivity contribution in [1.82, 2.24) is 5.16 Å². The summed E-state index contributed by atoms with van der Waals surface area (Å²) < 4.78 is 11.0. The Bertz CT molecular complexity index is 527. The van der Waals surface area contributed by atoms with Gasteiger partial charge in [0, 0.05) is 12.1 Å². The van der Waals surface area contributed by atoms with Gasteiger partial charge in [0.15, 0.2) is 0 Å². The molecule has 0 atom stereocenters. The van der Waals surface area contributed by atoms with Crippen molar-refractivity contribution >= 4 is 0 Å². The Balaban J connectivity index is 2.20. The van der Waals surface area contributed by atoms with Gasteiger partial charge in [-0.15, -0.1) is 0 Å². The lowest BCUT2D eigenvalue weighted by Crippen LogP contribution is -2.05. The van der Waals surface area contributed by atoms with E-state index in [1.54, 1.807) is 0 Å². The Labute approximate surface area is 107 Å². The fraction of sp³-hybridized carbons (Fsp3) is 0.357. The maximum absolute atomic E-state index is 5.88. The van der Waals surface area contributed by atoms with Crippen LogP contribution in [0.4, 0.5) is 0 Å². The third-order valence-corrected chi connectivity index (χ3v) is 3.06. The standard InChI is InChI=1S/C14H18N2O2/c1-9-5-4-6-12(7-15)14(9)17-8-13-10(2)16-18-11(13)3/h4-6H,7-8,15H2,1-3H3. The van der Waals surface area contributed by atoms with E-state index in [0.717, 1.165) is 33.9 Å². The number of nitrogens with zero attached hydrogens (tertiary/aromatic N) is 1. The minimum absolute atomic E-state index is 0.457. The topological polar surface area (TPSA) is 61.3 Å². The SMILES string of the molecule is Cc1cccc(CN)c1OCc1c(C)noc1C. The molecule has 0 saturated carbocycles. The Hall–Kier alpha value is -1.81. The minimum Gasteiger partial charge on any atom is -0.488 e. The van der Waals surface area contributed by atoms with Crippen LogP contribution in [0.1, 0.15) is 28.1 Å². The molecule has 18 heavy (non-hydrogen) atoms. The van der Waals surface area contributed by atoms with Crippen molar-refractivity contribution in [1.29, 1.82) is 0 Å². The van der Waals surface area contributed by atoms with Gasteiger partial charge in [-0.2, -0.15) is 0 Å². The molecule has 1 aromatic heterocycles. The summed E-state index contributed by atoms with van der Waals surface area (Å²) >= 11 is 0. The predicted octanol–water partition coefficient (Wildman–Crippen LogP) is 2.64. The van der Waals surface area contributed by atoms with Crippen molar-refractivity contribution in [2.24, 2.45) is 5.73 Å². The first-order chi connectivity index (χ1) is 8.63. The predicted molar refractivity (Wildman–Crippen MR) is 69.4 cm³/mol. The molecule has 1 heterocycles. The lowest BCUT2D eigenvalue weighted by molar-refractivity contribution is 0.296. The van der Waals surface area contributed by atoms with E-state index in [4.69, 9.17) is 15.0 Å². The van der Waals surface area contributed by atoms with Crippen molar-refractivity contribution in [3.8, 4) is 5.75 Å². The van der Waals surface area contributed by atoms with Crippen LogP contribution in [-0.4, -0.2) is 5.16 Å².